The first-order chi connectivity index (χ1) is 37.1. The summed E-state index contributed by atoms with van der Waals surface area (Å²) in [6.45, 7) is 19.2. The summed E-state index contributed by atoms with van der Waals surface area (Å²) in [7, 11) is 0.732. The van der Waals surface area contributed by atoms with Crippen LogP contribution in [0.3, 0.4) is 0 Å². The molecule has 2 aliphatic carbocycles. The Labute approximate surface area is 452 Å². The smallest absolute Gasteiger partial charge is 0.198 e. The molecule has 1 N–H and O–H groups in total. The van der Waals surface area contributed by atoms with E-state index in [4.69, 9.17) is 8.83 Å². The number of anilines is 5. The van der Waals surface area contributed by atoms with Crippen molar-refractivity contribution in [2.45, 2.75) is 103 Å². The van der Waals surface area contributed by atoms with Gasteiger partial charge in [-0.2, -0.15) is 0 Å². The van der Waals surface area contributed by atoms with Gasteiger partial charge < -0.3 is 19.1 Å². The van der Waals surface area contributed by atoms with Gasteiger partial charge >= 0.3 is 0 Å². The van der Waals surface area contributed by atoms with Crippen LogP contribution >= 0.6 is 0 Å². The second kappa shape index (κ2) is 16.3. The zero-order valence-corrected chi connectivity index (χ0v) is 45.5. The fourth-order valence-electron chi connectivity index (χ4n) is 14.0. The van der Waals surface area contributed by atoms with Gasteiger partial charge in [0, 0.05) is 72.8 Å². The minimum Gasteiger partial charge on any atom is -0.456 e. The Morgan fingerprint density at radius 1 is 0.416 bits per heavy atom. The molecule has 0 radical (unpaired) electrons. The van der Waals surface area contributed by atoms with Gasteiger partial charge in [0.1, 0.15) is 22.3 Å². The van der Waals surface area contributed by atoms with Gasteiger partial charge in [0.25, 0.3) is 0 Å². The number of rotatable bonds is 5. The van der Waals surface area contributed by atoms with Crippen LogP contribution in [0.15, 0.2) is 185 Å². The van der Waals surface area contributed by atoms with Crippen molar-refractivity contribution in [3.05, 3.63) is 198 Å². The highest BCUT2D eigenvalue weighted by atomic mass is 16.3. The molecule has 4 nitrogen and oxygen atoms in total. The number of nitrogens with zero attached hydrogens (tertiary/aromatic N) is 1. The Bertz CT molecular complexity index is 4460. The highest BCUT2D eigenvalue weighted by Gasteiger charge is 2.40. The molecule has 3 heterocycles. The van der Waals surface area contributed by atoms with Gasteiger partial charge in [-0.1, -0.05) is 170 Å². The van der Waals surface area contributed by atoms with Crippen molar-refractivity contribution in [3.8, 4) is 22.3 Å². The molecule has 0 fully saturated rings. The fourth-order valence-corrected chi connectivity index (χ4v) is 14.0. The van der Waals surface area contributed by atoms with Crippen LogP contribution in [0.4, 0.5) is 28.4 Å². The average Bonchev–Trinajstić information content (AvgIpc) is 4.20. The Balaban J connectivity index is 0.978. The van der Waals surface area contributed by atoms with Crippen molar-refractivity contribution >= 4 is 112 Å². The van der Waals surface area contributed by atoms with Gasteiger partial charge in [0.2, 0.25) is 0 Å². The summed E-state index contributed by atoms with van der Waals surface area (Å²) in [5.41, 5.74) is 22.5. The maximum Gasteiger partial charge on any atom is 0.198 e. The lowest BCUT2D eigenvalue weighted by Gasteiger charge is -2.41. The summed E-state index contributed by atoms with van der Waals surface area (Å²) in [5, 5.41) is 13.5. The lowest BCUT2D eigenvalue weighted by molar-refractivity contribution is 0.332. The van der Waals surface area contributed by atoms with Crippen LogP contribution in [0.25, 0.3) is 87.7 Å². The quantitative estimate of drug-likeness (QED) is 0.175. The van der Waals surface area contributed by atoms with Gasteiger partial charge in [-0.25, -0.2) is 0 Å². The van der Waals surface area contributed by atoms with E-state index in [2.05, 4.69) is 242 Å². The SMILES string of the molecule is CC1(C)CCC(C)(C)c2cc3c(cc21)oc1cc(N2c4cc5oc6cc7c(cc6c5cc4Bc4c(-c5ccc6ccccc6c5Nc5ccc(-c6ccccc6)cc5)cc5ccccc5c42)C(C)(C)CCC7(C)C)ccc13. The predicted molar refractivity (Wildman–Crippen MR) is 328 cm³/mol. The van der Waals surface area contributed by atoms with E-state index in [0.29, 0.717) is 0 Å². The summed E-state index contributed by atoms with van der Waals surface area (Å²) < 4.78 is 14.1. The van der Waals surface area contributed by atoms with Crippen molar-refractivity contribution in [1.29, 1.82) is 0 Å². The second-order valence-corrected chi connectivity index (χ2v) is 25.4. The zero-order chi connectivity index (χ0) is 52.3. The zero-order valence-electron chi connectivity index (χ0n) is 45.5. The van der Waals surface area contributed by atoms with Gasteiger partial charge in [0.05, 0.1) is 5.69 Å². The summed E-state index contributed by atoms with van der Waals surface area (Å²) in [4.78, 5) is 2.53. The Morgan fingerprint density at radius 2 is 0.948 bits per heavy atom. The minimum absolute atomic E-state index is 0.0658. The molecule has 0 unspecified atom stereocenters. The van der Waals surface area contributed by atoms with Gasteiger partial charge in [-0.15, -0.1) is 0 Å². The van der Waals surface area contributed by atoms with Crippen LogP contribution in [0.2, 0.25) is 0 Å². The summed E-state index contributed by atoms with van der Waals surface area (Å²) in [6.07, 6.45) is 4.63. The third kappa shape index (κ3) is 7.11. The summed E-state index contributed by atoms with van der Waals surface area (Å²) >= 11 is 0. The molecule has 0 bridgehead atoms. The number of hydrogen-bond acceptors (Lipinski definition) is 4. The maximum absolute atomic E-state index is 7.08. The number of hydrogen-bond donors (Lipinski definition) is 1. The van der Waals surface area contributed by atoms with E-state index in [9.17, 15) is 0 Å². The average molecular weight is 999 g/mol. The lowest BCUT2D eigenvalue weighted by Crippen LogP contribution is -2.41. The van der Waals surface area contributed by atoms with E-state index >= 15 is 0 Å². The fraction of sp³-hybridized carbons (Fsp3) is 0.222. The number of nitrogens with one attached hydrogen (secondary N) is 1. The molecule has 0 spiro atoms. The van der Waals surface area contributed by atoms with E-state index in [-0.39, 0.29) is 21.7 Å². The molecule has 12 aromatic rings. The monoisotopic (exact) mass is 998 g/mol. The van der Waals surface area contributed by atoms with E-state index in [1.165, 1.54) is 93.3 Å². The topological polar surface area (TPSA) is 41.6 Å². The molecule has 1 aliphatic heterocycles. The molecule has 10 aromatic carbocycles. The minimum atomic E-state index is 0.0658. The van der Waals surface area contributed by atoms with Crippen LogP contribution in [0.1, 0.15) is 103 Å². The van der Waals surface area contributed by atoms with Crippen LogP contribution in [-0.4, -0.2) is 7.28 Å². The molecule has 0 saturated carbocycles. The van der Waals surface area contributed by atoms with Gasteiger partial charge in [-0.05, 0) is 157 Å². The number of benzene rings is 10. The molecule has 77 heavy (non-hydrogen) atoms. The molecule has 2 aromatic heterocycles. The van der Waals surface area contributed by atoms with Crippen LogP contribution in [-0.2, 0) is 21.7 Å². The largest absolute Gasteiger partial charge is 0.456 e. The number of fused-ring (bicyclic) bond motifs is 13. The van der Waals surface area contributed by atoms with E-state index < -0.39 is 0 Å². The van der Waals surface area contributed by atoms with Crippen molar-refractivity contribution in [3.63, 3.8) is 0 Å². The predicted octanol–water partition coefficient (Wildman–Crippen LogP) is 18.7. The molecule has 376 valence electrons. The van der Waals surface area contributed by atoms with Crippen molar-refractivity contribution in [1.82, 2.24) is 0 Å². The third-order valence-electron chi connectivity index (χ3n) is 18.8. The molecule has 15 rings (SSSR count). The van der Waals surface area contributed by atoms with E-state index in [0.717, 1.165) is 89.0 Å². The Morgan fingerprint density at radius 3 is 1.61 bits per heavy atom. The van der Waals surface area contributed by atoms with E-state index in [1.807, 2.05) is 0 Å². The van der Waals surface area contributed by atoms with E-state index in [1.54, 1.807) is 0 Å². The first-order valence-corrected chi connectivity index (χ1v) is 27.9. The summed E-state index contributed by atoms with van der Waals surface area (Å²) in [6, 6.07) is 65.7. The second-order valence-electron chi connectivity index (χ2n) is 25.4. The van der Waals surface area contributed by atoms with Crippen molar-refractivity contribution in [2.24, 2.45) is 0 Å². The normalized spacial score (nSPS) is 16.9. The maximum atomic E-state index is 7.08. The first-order valence-electron chi connectivity index (χ1n) is 27.9. The number of furan rings is 2. The molecular weight excluding hydrogens is 936 g/mol. The standard InChI is InChI=1S/C72H63BN2O2/c1-69(2)30-32-71(5,6)58-39-63-52(36-56(58)69)50-29-27-47(35-62(50)76-63)75-61-41-65-54(53-37-57-59(40-64(53)77-65)72(7,8)33-31-70(57,3)4)38-60(61)73-66-55(34-45-19-13-15-21-49(45)68(66)75)51-28-24-44-18-12-14-20-48(44)67(51)74-46-25-22-43(23-26-46)42-16-10-9-11-17-42/h9-29,34-41,73-74H,30-33H2,1-8H3. The third-order valence-corrected chi connectivity index (χ3v) is 18.8. The van der Waals surface area contributed by atoms with Crippen molar-refractivity contribution in [2.75, 3.05) is 10.2 Å². The lowest BCUT2D eigenvalue weighted by atomic mass is 9.57. The molecule has 0 amide bonds. The highest BCUT2D eigenvalue weighted by molar-refractivity contribution is 6.74. The molecular formula is C72H63BN2O2. The Kier molecular flexibility index (Phi) is 9.77. The van der Waals surface area contributed by atoms with Crippen LogP contribution in [0, 0.1) is 0 Å². The molecule has 5 heteroatoms. The van der Waals surface area contributed by atoms with Crippen LogP contribution in [0.5, 0.6) is 0 Å². The first kappa shape index (κ1) is 46.3. The Hall–Kier alpha value is -8.02. The van der Waals surface area contributed by atoms with Crippen molar-refractivity contribution < 1.29 is 8.83 Å². The molecule has 0 saturated heterocycles. The van der Waals surface area contributed by atoms with Gasteiger partial charge in [-0.3, -0.25) is 0 Å². The van der Waals surface area contributed by atoms with Gasteiger partial charge in [0.15, 0.2) is 7.28 Å². The summed E-state index contributed by atoms with van der Waals surface area (Å²) in [5.74, 6) is 0. The molecule has 3 aliphatic rings. The molecule has 0 atom stereocenters. The van der Waals surface area contributed by atoms with Crippen LogP contribution < -0.4 is 21.1 Å². The highest BCUT2D eigenvalue weighted by Crippen LogP contribution is 2.52.